The number of amidine groups is 1. The minimum absolute atomic E-state index is 0.314. The molecule has 1 aliphatic heterocycles. The summed E-state index contributed by atoms with van der Waals surface area (Å²) in [7, 11) is 0. The first-order chi connectivity index (χ1) is 20.5. The fraction of sp³-hybridized carbons (Fsp3) is 0.226. The second-order valence-electron chi connectivity index (χ2n) is 10.1. The van der Waals surface area contributed by atoms with Crippen LogP contribution < -0.4 is 15.0 Å². The lowest BCUT2D eigenvalue weighted by atomic mass is 10.0. The standard InChI is InChI=1S/C31H29F3N6O2S/c1-19-15-20(2)27(21(3)16-19)39-13-14-43-30(39)37-29(41)35-17-22(4)23-5-7-24(8-6-23)28-36-18-40(38-28)25-9-11-26(12-10-25)42-31(32,33)34/h5-12,15-18H,13-14H2,1-4H3,(H,35,41)/b22-17+,37-30?. The number of amides is 2. The van der Waals surface area contributed by atoms with Crippen LogP contribution in [-0.4, -0.2) is 44.6 Å². The van der Waals surface area contributed by atoms with Gasteiger partial charge in [0.2, 0.25) is 0 Å². The van der Waals surface area contributed by atoms with E-state index in [0.29, 0.717) is 16.7 Å². The highest BCUT2D eigenvalue weighted by Crippen LogP contribution is 2.32. The Morgan fingerprint density at radius 3 is 2.37 bits per heavy atom. The van der Waals surface area contributed by atoms with Gasteiger partial charge in [-0.25, -0.2) is 14.5 Å². The first kappa shape index (κ1) is 29.9. The number of aliphatic imine (C=N–C) groups is 1. The van der Waals surface area contributed by atoms with E-state index in [9.17, 15) is 18.0 Å². The van der Waals surface area contributed by atoms with Crippen LogP contribution in [0, 0.1) is 20.8 Å². The van der Waals surface area contributed by atoms with Gasteiger partial charge in [-0.05, 0) is 74.2 Å². The normalized spacial score (nSPS) is 14.8. The maximum absolute atomic E-state index is 12.7. The predicted octanol–water partition coefficient (Wildman–Crippen LogP) is 7.44. The van der Waals surface area contributed by atoms with Gasteiger partial charge in [0.05, 0.1) is 5.69 Å². The van der Waals surface area contributed by atoms with Gasteiger partial charge in [-0.2, -0.15) is 4.99 Å². The van der Waals surface area contributed by atoms with Crippen LogP contribution in [0.15, 0.2) is 78.2 Å². The Bertz CT molecular complexity index is 1670. The van der Waals surface area contributed by atoms with Gasteiger partial charge in [0.25, 0.3) is 0 Å². The Morgan fingerprint density at radius 2 is 1.72 bits per heavy atom. The van der Waals surface area contributed by atoms with Gasteiger partial charge in [-0.1, -0.05) is 53.7 Å². The Morgan fingerprint density at radius 1 is 1.05 bits per heavy atom. The van der Waals surface area contributed by atoms with Crippen LogP contribution in [0.3, 0.4) is 0 Å². The highest BCUT2D eigenvalue weighted by Gasteiger charge is 2.31. The van der Waals surface area contributed by atoms with Crippen LogP contribution >= 0.6 is 11.8 Å². The van der Waals surface area contributed by atoms with Gasteiger partial charge in [0.15, 0.2) is 11.0 Å². The molecule has 43 heavy (non-hydrogen) atoms. The van der Waals surface area contributed by atoms with Crippen molar-refractivity contribution < 1.29 is 22.7 Å². The molecular formula is C31H29F3N6O2S. The zero-order valence-electron chi connectivity index (χ0n) is 23.9. The average molecular weight is 607 g/mol. The zero-order valence-corrected chi connectivity index (χ0v) is 24.8. The van der Waals surface area contributed by atoms with Gasteiger partial charge in [0.1, 0.15) is 12.1 Å². The fourth-order valence-electron chi connectivity index (χ4n) is 4.87. The summed E-state index contributed by atoms with van der Waals surface area (Å²) in [6, 6.07) is 16.7. The number of halogens is 3. The number of hydrogen-bond acceptors (Lipinski definition) is 5. The molecule has 0 spiro atoms. The molecule has 2 amide bonds. The lowest BCUT2D eigenvalue weighted by Crippen LogP contribution is -2.27. The van der Waals surface area contributed by atoms with E-state index in [-0.39, 0.29) is 5.75 Å². The molecule has 0 aliphatic carbocycles. The molecule has 1 saturated heterocycles. The number of nitrogens with one attached hydrogen (secondary N) is 1. The topological polar surface area (TPSA) is 84.6 Å². The molecule has 2 heterocycles. The number of benzene rings is 3. The molecule has 12 heteroatoms. The van der Waals surface area contributed by atoms with E-state index in [0.717, 1.165) is 45.8 Å². The third-order valence-corrected chi connectivity index (χ3v) is 7.67. The molecule has 0 saturated carbocycles. The number of hydrogen-bond donors (Lipinski definition) is 1. The second-order valence-corrected chi connectivity index (χ2v) is 11.1. The summed E-state index contributed by atoms with van der Waals surface area (Å²) in [5.41, 5.74) is 7.62. The minimum Gasteiger partial charge on any atom is -0.406 e. The van der Waals surface area contributed by atoms with Gasteiger partial charge in [-0.15, -0.1) is 18.3 Å². The maximum atomic E-state index is 12.7. The number of anilines is 1. The number of aromatic nitrogens is 3. The van der Waals surface area contributed by atoms with Crippen LogP contribution in [0.5, 0.6) is 5.75 Å². The Kier molecular flexibility index (Phi) is 8.58. The molecule has 0 bridgehead atoms. The van der Waals surface area contributed by atoms with Gasteiger partial charge in [0, 0.05) is 29.7 Å². The molecule has 3 aromatic carbocycles. The highest BCUT2D eigenvalue weighted by atomic mass is 32.2. The lowest BCUT2D eigenvalue weighted by Gasteiger charge is -2.23. The fourth-order valence-corrected chi connectivity index (χ4v) is 5.82. The summed E-state index contributed by atoms with van der Waals surface area (Å²) >= 11 is 1.56. The second kappa shape index (κ2) is 12.3. The Labute approximate surface area is 251 Å². The molecule has 0 unspecified atom stereocenters. The lowest BCUT2D eigenvalue weighted by molar-refractivity contribution is -0.274. The van der Waals surface area contributed by atoms with Crippen molar-refractivity contribution in [1.29, 1.82) is 0 Å². The van der Waals surface area contributed by atoms with E-state index in [1.165, 1.54) is 40.8 Å². The molecule has 4 aromatic rings. The zero-order chi connectivity index (χ0) is 30.7. The van der Waals surface area contributed by atoms with Crippen LogP contribution in [0.4, 0.5) is 23.7 Å². The SMILES string of the molecule is C/C(=C\NC(=O)N=C1SCCN1c1c(C)cc(C)cc1C)c1ccc(-c2ncn(-c3ccc(OC(F)(F)F)cc3)n2)cc1. The van der Waals surface area contributed by atoms with E-state index in [2.05, 4.69) is 62.9 Å². The van der Waals surface area contributed by atoms with Crippen molar-refractivity contribution in [2.75, 3.05) is 17.2 Å². The first-order valence-electron chi connectivity index (χ1n) is 13.4. The molecule has 1 aliphatic rings. The van der Waals surface area contributed by atoms with Gasteiger partial charge >= 0.3 is 12.4 Å². The Hall–Kier alpha value is -4.58. The van der Waals surface area contributed by atoms with E-state index < -0.39 is 12.4 Å². The average Bonchev–Trinajstić information content (AvgIpc) is 3.61. The Balaban J connectivity index is 1.23. The number of alkyl halides is 3. The highest BCUT2D eigenvalue weighted by molar-refractivity contribution is 8.14. The molecule has 0 radical (unpaired) electrons. The summed E-state index contributed by atoms with van der Waals surface area (Å²) < 4.78 is 42.6. The van der Waals surface area contributed by atoms with Crippen LogP contribution in [0.25, 0.3) is 22.6 Å². The summed E-state index contributed by atoms with van der Waals surface area (Å²) in [4.78, 5) is 23.5. The van der Waals surface area contributed by atoms with Crippen molar-refractivity contribution in [3.8, 4) is 22.8 Å². The number of allylic oxidation sites excluding steroid dienone is 1. The monoisotopic (exact) mass is 606 g/mol. The van der Waals surface area contributed by atoms with Crippen molar-refractivity contribution in [3.05, 3.63) is 95.4 Å². The third-order valence-electron chi connectivity index (χ3n) is 6.72. The van der Waals surface area contributed by atoms with Crippen LogP contribution in [0.1, 0.15) is 29.2 Å². The molecule has 1 aromatic heterocycles. The number of ether oxygens (including phenoxy) is 1. The van der Waals surface area contributed by atoms with E-state index >= 15 is 0 Å². The minimum atomic E-state index is -4.75. The van der Waals surface area contributed by atoms with Crippen molar-refractivity contribution in [2.45, 2.75) is 34.1 Å². The molecular weight excluding hydrogens is 577 g/mol. The summed E-state index contributed by atoms with van der Waals surface area (Å²) in [6.07, 6.45) is -1.64. The van der Waals surface area contributed by atoms with Crippen molar-refractivity contribution in [3.63, 3.8) is 0 Å². The smallest absolute Gasteiger partial charge is 0.406 e. The van der Waals surface area contributed by atoms with E-state index in [1.807, 2.05) is 31.2 Å². The number of rotatable bonds is 6. The number of nitrogens with zero attached hydrogens (tertiary/aromatic N) is 5. The largest absolute Gasteiger partial charge is 0.573 e. The van der Waals surface area contributed by atoms with Crippen LogP contribution in [-0.2, 0) is 0 Å². The number of carbonyl (C=O) groups excluding carboxylic acids is 1. The van der Waals surface area contributed by atoms with Gasteiger partial charge < -0.3 is 15.0 Å². The molecule has 5 rings (SSSR count). The van der Waals surface area contributed by atoms with Gasteiger partial charge in [-0.3, -0.25) is 0 Å². The predicted molar refractivity (Wildman–Crippen MR) is 164 cm³/mol. The summed E-state index contributed by atoms with van der Waals surface area (Å²) in [6.45, 7) is 8.90. The van der Waals surface area contributed by atoms with E-state index in [1.54, 1.807) is 18.0 Å². The van der Waals surface area contributed by atoms with Crippen molar-refractivity contribution >= 4 is 34.2 Å². The number of thioether (sulfide) groups is 1. The third kappa shape index (κ3) is 7.26. The molecule has 8 nitrogen and oxygen atoms in total. The molecule has 1 fully saturated rings. The maximum Gasteiger partial charge on any atom is 0.573 e. The van der Waals surface area contributed by atoms with Crippen molar-refractivity contribution in [2.24, 2.45) is 4.99 Å². The molecule has 1 N–H and O–H groups in total. The first-order valence-corrected chi connectivity index (χ1v) is 14.4. The number of aryl methyl sites for hydroxylation is 3. The molecule has 222 valence electrons. The summed E-state index contributed by atoms with van der Waals surface area (Å²) in [5.74, 6) is 0.993. The van der Waals surface area contributed by atoms with Crippen molar-refractivity contribution in [1.82, 2.24) is 20.1 Å². The number of carbonyl (C=O) groups is 1. The van der Waals surface area contributed by atoms with Crippen LogP contribution in [0.2, 0.25) is 0 Å². The van der Waals surface area contributed by atoms with E-state index in [4.69, 9.17) is 0 Å². The molecule has 0 atom stereocenters. The number of urea groups is 1. The summed E-state index contributed by atoms with van der Waals surface area (Å²) in [5, 5.41) is 7.89. The quantitative estimate of drug-likeness (QED) is 0.246.